The van der Waals surface area contributed by atoms with Crippen molar-refractivity contribution in [3.8, 4) is 5.75 Å². The summed E-state index contributed by atoms with van der Waals surface area (Å²) in [4.78, 5) is 2.28. The summed E-state index contributed by atoms with van der Waals surface area (Å²) in [6.45, 7) is 3.96. The number of nitrogen functional groups attached to an aromatic ring is 1. The molecule has 1 aromatic rings. The molecule has 1 aliphatic rings. The Morgan fingerprint density at radius 2 is 2.15 bits per heavy atom. The highest BCUT2D eigenvalue weighted by Gasteiger charge is 2.21. The summed E-state index contributed by atoms with van der Waals surface area (Å²) in [7, 11) is 0. The van der Waals surface area contributed by atoms with Gasteiger partial charge in [0.05, 0.1) is 19.3 Å². The first-order valence-electron chi connectivity index (χ1n) is 7.65. The molecule has 3 N–H and O–H groups in total. The van der Waals surface area contributed by atoms with E-state index in [1.807, 2.05) is 18.2 Å². The molecule has 4 nitrogen and oxygen atoms in total. The molecule has 0 radical (unpaired) electrons. The van der Waals surface area contributed by atoms with Crippen LogP contribution < -0.4 is 15.4 Å². The van der Waals surface area contributed by atoms with Crippen molar-refractivity contribution in [2.75, 3.05) is 30.4 Å². The van der Waals surface area contributed by atoms with E-state index in [2.05, 4.69) is 11.8 Å². The normalized spacial score (nSPS) is 19.7. The molecule has 2 rings (SSSR count). The van der Waals surface area contributed by atoms with Crippen LogP contribution in [0, 0.1) is 0 Å². The van der Waals surface area contributed by atoms with Gasteiger partial charge in [-0.2, -0.15) is 0 Å². The number of nitrogens with zero attached hydrogens (tertiary/aromatic N) is 1. The minimum atomic E-state index is 0.193. The fourth-order valence-electron chi connectivity index (χ4n) is 2.78. The minimum absolute atomic E-state index is 0.193. The molecular weight excluding hydrogens is 252 g/mol. The molecule has 1 atom stereocenters. The largest absolute Gasteiger partial charge is 0.493 e. The lowest BCUT2D eigenvalue weighted by molar-refractivity contribution is 0.255. The van der Waals surface area contributed by atoms with Crippen LogP contribution in [0.5, 0.6) is 5.75 Å². The number of benzene rings is 1. The van der Waals surface area contributed by atoms with E-state index in [9.17, 15) is 5.11 Å². The summed E-state index contributed by atoms with van der Waals surface area (Å²) >= 11 is 0. The van der Waals surface area contributed by atoms with Crippen LogP contribution in [-0.2, 0) is 0 Å². The molecule has 20 heavy (non-hydrogen) atoms. The van der Waals surface area contributed by atoms with Crippen LogP contribution in [0.2, 0.25) is 0 Å². The number of hydrogen-bond acceptors (Lipinski definition) is 4. The van der Waals surface area contributed by atoms with Crippen molar-refractivity contribution in [3.05, 3.63) is 18.2 Å². The Morgan fingerprint density at radius 1 is 1.30 bits per heavy atom. The fraction of sp³-hybridized carbons (Fsp3) is 0.625. The molecule has 1 fully saturated rings. The van der Waals surface area contributed by atoms with Crippen LogP contribution in [0.15, 0.2) is 18.2 Å². The van der Waals surface area contributed by atoms with Crippen molar-refractivity contribution < 1.29 is 9.84 Å². The highest BCUT2D eigenvalue weighted by molar-refractivity contribution is 5.61. The SMILES string of the molecule is CCCOc1cc(N)cc(N2CCCCCC2CO)c1. The number of anilines is 2. The maximum atomic E-state index is 9.62. The summed E-state index contributed by atoms with van der Waals surface area (Å²) in [6, 6.07) is 6.08. The Hall–Kier alpha value is -1.42. The second kappa shape index (κ2) is 7.39. The molecule has 0 saturated carbocycles. The van der Waals surface area contributed by atoms with E-state index in [0.29, 0.717) is 6.61 Å². The lowest BCUT2D eigenvalue weighted by atomic mass is 10.1. The van der Waals surface area contributed by atoms with E-state index in [0.717, 1.165) is 42.9 Å². The van der Waals surface area contributed by atoms with Crippen LogP contribution in [0.4, 0.5) is 11.4 Å². The highest BCUT2D eigenvalue weighted by atomic mass is 16.5. The zero-order chi connectivity index (χ0) is 14.4. The molecule has 1 aliphatic heterocycles. The van der Waals surface area contributed by atoms with Gasteiger partial charge in [-0.25, -0.2) is 0 Å². The van der Waals surface area contributed by atoms with Crippen LogP contribution in [0.25, 0.3) is 0 Å². The van der Waals surface area contributed by atoms with Gasteiger partial charge in [0.25, 0.3) is 0 Å². The molecule has 0 aliphatic carbocycles. The number of ether oxygens (including phenoxy) is 1. The summed E-state index contributed by atoms with van der Waals surface area (Å²) in [6.07, 6.45) is 5.59. The number of hydrogen-bond donors (Lipinski definition) is 2. The van der Waals surface area contributed by atoms with Gasteiger partial charge in [-0.1, -0.05) is 19.8 Å². The number of nitrogens with two attached hydrogens (primary N) is 1. The highest BCUT2D eigenvalue weighted by Crippen LogP contribution is 2.30. The van der Waals surface area contributed by atoms with Crippen molar-refractivity contribution in [2.24, 2.45) is 0 Å². The molecule has 0 bridgehead atoms. The number of rotatable bonds is 5. The second-order valence-corrected chi connectivity index (χ2v) is 5.49. The molecule has 4 heteroatoms. The van der Waals surface area contributed by atoms with Crippen LogP contribution in [0.1, 0.15) is 39.0 Å². The Balaban J connectivity index is 2.22. The summed E-state index contributed by atoms with van der Waals surface area (Å²) in [5.74, 6) is 0.822. The lowest BCUT2D eigenvalue weighted by Crippen LogP contribution is -2.37. The summed E-state index contributed by atoms with van der Waals surface area (Å²) in [5, 5.41) is 9.62. The Bertz CT molecular complexity index is 423. The zero-order valence-electron chi connectivity index (χ0n) is 12.3. The van der Waals surface area contributed by atoms with Crippen molar-refractivity contribution in [1.82, 2.24) is 0 Å². The van der Waals surface area contributed by atoms with E-state index in [1.54, 1.807) is 0 Å². The smallest absolute Gasteiger partial charge is 0.123 e. The molecular formula is C16H26N2O2. The van der Waals surface area contributed by atoms with E-state index in [4.69, 9.17) is 10.5 Å². The third kappa shape index (κ3) is 3.79. The predicted octanol–water partition coefficient (Wildman–Crippen LogP) is 2.80. The maximum Gasteiger partial charge on any atom is 0.123 e. The first kappa shape index (κ1) is 15.0. The Morgan fingerprint density at radius 3 is 2.90 bits per heavy atom. The topological polar surface area (TPSA) is 58.7 Å². The molecule has 1 aromatic carbocycles. The summed E-state index contributed by atoms with van der Waals surface area (Å²) in [5.41, 5.74) is 7.78. The van der Waals surface area contributed by atoms with Gasteiger partial charge >= 0.3 is 0 Å². The minimum Gasteiger partial charge on any atom is -0.493 e. The molecule has 1 unspecified atom stereocenters. The van der Waals surface area contributed by atoms with Gasteiger partial charge in [-0.15, -0.1) is 0 Å². The number of aliphatic hydroxyl groups is 1. The predicted molar refractivity (Wildman–Crippen MR) is 83.3 cm³/mol. The average Bonchev–Trinajstić information content (AvgIpc) is 2.69. The molecule has 112 valence electrons. The van der Waals surface area contributed by atoms with Gasteiger partial charge in [-0.3, -0.25) is 0 Å². The van der Waals surface area contributed by atoms with E-state index < -0.39 is 0 Å². The van der Waals surface area contributed by atoms with Crippen molar-refractivity contribution in [2.45, 2.75) is 45.1 Å². The van der Waals surface area contributed by atoms with Gasteiger partial charge < -0.3 is 20.5 Å². The van der Waals surface area contributed by atoms with Gasteiger partial charge in [0.2, 0.25) is 0 Å². The standard InChI is InChI=1S/C16H26N2O2/c1-2-8-20-16-10-13(17)9-15(11-16)18-7-5-3-4-6-14(18)12-19/h9-11,14,19H,2-8,12,17H2,1H3. The van der Waals surface area contributed by atoms with Gasteiger partial charge in [0.15, 0.2) is 0 Å². The van der Waals surface area contributed by atoms with Crippen molar-refractivity contribution >= 4 is 11.4 Å². The van der Waals surface area contributed by atoms with Gasteiger partial charge in [-0.05, 0) is 25.3 Å². The first-order valence-corrected chi connectivity index (χ1v) is 7.65. The maximum absolute atomic E-state index is 9.62. The van der Waals surface area contributed by atoms with Crippen molar-refractivity contribution in [3.63, 3.8) is 0 Å². The zero-order valence-corrected chi connectivity index (χ0v) is 12.3. The number of aliphatic hydroxyl groups excluding tert-OH is 1. The summed E-state index contributed by atoms with van der Waals surface area (Å²) < 4.78 is 5.70. The molecule has 1 saturated heterocycles. The third-order valence-corrected chi connectivity index (χ3v) is 3.81. The van der Waals surface area contributed by atoms with Gasteiger partial charge in [0.1, 0.15) is 5.75 Å². The van der Waals surface area contributed by atoms with Crippen LogP contribution >= 0.6 is 0 Å². The monoisotopic (exact) mass is 278 g/mol. The first-order chi connectivity index (χ1) is 9.74. The van der Waals surface area contributed by atoms with E-state index >= 15 is 0 Å². The molecule has 0 amide bonds. The van der Waals surface area contributed by atoms with Crippen molar-refractivity contribution in [1.29, 1.82) is 0 Å². The second-order valence-electron chi connectivity index (χ2n) is 5.49. The Labute approximate surface area is 121 Å². The average molecular weight is 278 g/mol. The van der Waals surface area contributed by atoms with Crippen LogP contribution in [0.3, 0.4) is 0 Å². The lowest BCUT2D eigenvalue weighted by Gasteiger charge is -2.31. The Kier molecular flexibility index (Phi) is 5.53. The van der Waals surface area contributed by atoms with Gasteiger partial charge in [0, 0.05) is 30.1 Å². The quantitative estimate of drug-likeness (QED) is 0.813. The fourth-order valence-corrected chi connectivity index (χ4v) is 2.78. The molecule has 1 heterocycles. The third-order valence-electron chi connectivity index (χ3n) is 3.81. The van der Waals surface area contributed by atoms with E-state index in [-0.39, 0.29) is 12.6 Å². The van der Waals surface area contributed by atoms with Crippen LogP contribution in [-0.4, -0.2) is 30.9 Å². The molecule has 0 aromatic heterocycles. The molecule has 0 spiro atoms. The van der Waals surface area contributed by atoms with E-state index in [1.165, 1.54) is 12.8 Å².